The molecule has 0 bridgehead atoms. The second kappa shape index (κ2) is 7.97. The molecule has 0 spiro atoms. The lowest BCUT2D eigenvalue weighted by molar-refractivity contribution is 0.0529. The summed E-state index contributed by atoms with van der Waals surface area (Å²) in [5, 5.41) is 3.82. The Morgan fingerprint density at radius 3 is 2.33 bits per heavy atom. The van der Waals surface area contributed by atoms with Crippen molar-refractivity contribution in [2.75, 3.05) is 25.6 Å². The van der Waals surface area contributed by atoms with E-state index in [0.29, 0.717) is 33.3 Å². The van der Waals surface area contributed by atoms with Crippen molar-refractivity contribution in [3.63, 3.8) is 0 Å². The Morgan fingerprint density at radius 1 is 1.17 bits per heavy atom. The molecule has 0 radical (unpaired) electrons. The Balaban J connectivity index is 2.68. The molecule has 0 amide bonds. The van der Waals surface area contributed by atoms with Gasteiger partial charge in [0.1, 0.15) is 16.3 Å². The maximum atomic E-state index is 12.5. The molecule has 6 heteroatoms. The maximum Gasteiger partial charge on any atom is 0.341 e. The van der Waals surface area contributed by atoms with E-state index in [-0.39, 0.29) is 12.4 Å². The molecule has 0 unspecified atom stereocenters. The van der Waals surface area contributed by atoms with Gasteiger partial charge in [0.05, 0.1) is 18.6 Å². The average Bonchev–Trinajstić information content (AvgIpc) is 2.95. The van der Waals surface area contributed by atoms with Crippen LogP contribution in [0.15, 0.2) is 24.3 Å². The van der Waals surface area contributed by atoms with Crippen LogP contribution in [0.5, 0.6) is 5.75 Å². The summed E-state index contributed by atoms with van der Waals surface area (Å²) in [4.78, 5) is 25.2. The fourth-order valence-corrected chi connectivity index (χ4v) is 3.57. The number of hydrogen-bond donors (Lipinski definition) is 1. The second-order valence-corrected chi connectivity index (χ2v) is 6.07. The third-order valence-corrected chi connectivity index (χ3v) is 4.67. The standard InChI is InChI=1S/C18H21NO4S/c1-5-19-17-15(18(21)23-6-2)14(16(24-17)11(3)20)12-7-9-13(22-4)10-8-12/h7-10,19H,5-6H2,1-4H3. The lowest BCUT2D eigenvalue weighted by Gasteiger charge is -2.09. The van der Waals surface area contributed by atoms with Crippen LogP contribution in [-0.2, 0) is 4.74 Å². The zero-order valence-electron chi connectivity index (χ0n) is 14.3. The molecule has 1 heterocycles. The van der Waals surface area contributed by atoms with Crippen LogP contribution in [0.1, 0.15) is 40.8 Å². The number of ketones is 1. The number of hydrogen-bond acceptors (Lipinski definition) is 6. The first-order valence-corrected chi connectivity index (χ1v) is 8.58. The van der Waals surface area contributed by atoms with Crippen molar-refractivity contribution in [1.82, 2.24) is 0 Å². The normalized spacial score (nSPS) is 10.3. The monoisotopic (exact) mass is 347 g/mol. The van der Waals surface area contributed by atoms with Gasteiger partial charge in [-0.2, -0.15) is 0 Å². The lowest BCUT2D eigenvalue weighted by Crippen LogP contribution is -2.09. The molecule has 1 aromatic heterocycles. The summed E-state index contributed by atoms with van der Waals surface area (Å²) in [7, 11) is 1.59. The molecule has 0 atom stereocenters. The van der Waals surface area contributed by atoms with Crippen molar-refractivity contribution < 1.29 is 19.1 Å². The smallest absolute Gasteiger partial charge is 0.341 e. The van der Waals surface area contributed by atoms with E-state index in [0.717, 1.165) is 5.56 Å². The lowest BCUT2D eigenvalue weighted by atomic mass is 9.99. The van der Waals surface area contributed by atoms with Gasteiger partial charge < -0.3 is 14.8 Å². The summed E-state index contributed by atoms with van der Waals surface area (Å²) in [6.45, 7) is 6.12. The molecule has 0 saturated carbocycles. The van der Waals surface area contributed by atoms with Crippen LogP contribution in [0, 0.1) is 0 Å². The number of carbonyl (C=O) groups excluding carboxylic acids is 2. The van der Waals surface area contributed by atoms with E-state index in [1.54, 1.807) is 26.2 Å². The molecule has 5 nitrogen and oxygen atoms in total. The van der Waals surface area contributed by atoms with E-state index in [1.165, 1.54) is 18.3 Å². The number of nitrogens with one attached hydrogen (secondary N) is 1. The van der Waals surface area contributed by atoms with Crippen LogP contribution in [0.4, 0.5) is 5.00 Å². The number of ether oxygens (including phenoxy) is 2. The molecule has 0 aliphatic heterocycles. The highest BCUT2D eigenvalue weighted by Gasteiger charge is 2.27. The summed E-state index contributed by atoms with van der Waals surface area (Å²) in [6.07, 6.45) is 0. The maximum absolute atomic E-state index is 12.5. The Hall–Kier alpha value is -2.34. The molecule has 1 N–H and O–H groups in total. The van der Waals surface area contributed by atoms with Crippen molar-refractivity contribution in [2.24, 2.45) is 0 Å². The first kappa shape index (κ1) is 18.0. The number of carbonyl (C=O) groups is 2. The van der Waals surface area contributed by atoms with Gasteiger partial charge in [-0.1, -0.05) is 12.1 Å². The minimum absolute atomic E-state index is 0.0829. The number of esters is 1. The van der Waals surface area contributed by atoms with Gasteiger partial charge in [0.2, 0.25) is 0 Å². The number of rotatable bonds is 7. The number of anilines is 1. The van der Waals surface area contributed by atoms with E-state index >= 15 is 0 Å². The van der Waals surface area contributed by atoms with Gasteiger partial charge >= 0.3 is 5.97 Å². The highest BCUT2D eigenvalue weighted by atomic mass is 32.1. The zero-order valence-corrected chi connectivity index (χ0v) is 15.1. The Labute approximate surface area is 145 Å². The quantitative estimate of drug-likeness (QED) is 0.600. The minimum atomic E-state index is -0.428. The van der Waals surface area contributed by atoms with Gasteiger partial charge in [-0.05, 0) is 38.5 Å². The fourth-order valence-electron chi connectivity index (χ4n) is 2.40. The SMILES string of the molecule is CCNc1sc(C(C)=O)c(-c2ccc(OC)cc2)c1C(=O)OCC. The third-order valence-electron chi connectivity index (χ3n) is 3.42. The van der Waals surface area contributed by atoms with E-state index in [2.05, 4.69) is 5.32 Å². The molecule has 2 aromatic rings. The molecule has 0 aliphatic rings. The highest BCUT2D eigenvalue weighted by Crippen LogP contribution is 2.41. The van der Waals surface area contributed by atoms with Crippen molar-refractivity contribution in [3.8, 4) is 16.9 Å². The van der Waals surface area contributed by atoms with E-state index in [1.807, 2.05) is 19.1 Å². The molecular formula is C18H21NO4S. The summed E-state index contributed by atoms with van der Waals surface area (Å²) >= 11 is 1.29. The van der Waals surface area contributed by atoms with Crippen LogP contribution in [0.2, 0.25) is 0 Å². The average molecular weight is 347 g/mol. The highest BCUT2D eigenvalue weighted by molar-refractivity contribution is 7.19. The van der Waals surface area contributed by atoms with Crippen molar-refractivity contribution in [2.45, 2.75) is 20.8 Å². The summed E-state index contributed by atoms with van der Waals surface area (Å²) in [6, 6.07) is 7.29. The van der Waals surface area contributed by atoms with E-state index in [4.69, 9.17) is 9.47 Å². The van der Waals surface area contributed by atoms with Crippen LogP contribution in [0.3, 0.4) is 0 Å². The molecule has 1 aromatic carbocycles. The summed E-state index contributed by atoms with van der Waals surface area (Å²) in [5.74, 6) is 0.200. The van der Waals surface area contributed by atoms with Gasteiger partial charge in [0, 0.05) is 12.1 Å². The predicted molar refractivity (Wildman–Crippen MR) is 96.4 cm³/mol. The first-order valence-electron chi connectivity index (χ1n) is 7.76. The fraction of sp³-hybridized carbons (Fsp3) is 0.333. The Morgan fingerprint density at radius 2 is 1.83 bits per heavy atom. The molecule has 24 heavy (non-hydrogen) atoms. The van der Waals surface area contributed by atoms with Crippen molar-refractivity contribution in [3.05, 3.63) is 34.7 Å². The van der Waals surface area contributed by atoms with Gasteiger partial charge in [-0.25, -0.2) is 4.79 Å². The van der Waals surface area contributed by atoms with E-state index < -0.39 is 5.97 Å². The molecule has 0 saturated heterocycles. The third kappa shape index (κ3) is 3.59. The minimum Gasteiger partial charge on any atom is -0.497 e. The molecule has 2 rings (SSSR count). The molecular weight excluding hydrogens is 326 g/mol. The van der Waals surface area contributed by atoms with Crippen LogP contribution in [-0.4, -0.2) is 32.0 Å². The summed E-state index contributed by atoms with van der Waals surface area (Å²) < 4.78 is 10.4. The topological polar surface area (TPSA) is 64.6 Å². The van der Waals surface area contributed by atoms with E-state index in [9.17, 15) is 9.59 Å². The zero-order chi connectivity index (χ0) is 17.7. The van der Waals surface area contributed by atoms with Crippen LogP contribution >= 0.6 is 11.3 Å². The van der Waals surface area contributed by atoms with Gasteiger partial charge in [0.25, 0.3) is 0 Å². The molecule has 0 fully saturated rings. The number of Topliss-reactive ketones (excluding diaryl/α,β-unsaturated/α-hetero) is 1. The van der Waals surface area contributed by atoms with Crippen LogP contribution < -0.4 is 10.1 Å². The van der Waals surface area contributed by atoms with Gasteiger partial charge in [-0.3, -0.25) is 4.79 Å². The first-order chi connectivity index (χ1) is 11.5. The largest absolute Gasteiger partial charge is 0.497 e. The number of methoxy groups -OCH3 is 1. The predicted octanol–water partition coefficient (Wildman–Crippen LogP) is 4.23. The van der Waals surface area contributed by atoms with Crippen molar-refractivity contribution in [1.29, 1.82) is 0 Å². The Bertz CT molecular complexity index is 734. The van der Waals surface area contributed by atoms with Gasteiger partial charge in [-0.15, -0.1) is 11.3 Å². The Kier molecular flexibility index (Phi) is 5.98. The number of benzene rings is 1. The second-order valence-electron chi connectivity index (χ2n) is 5.05. The van der Waals surface area contributed by atoms with Crippen molar-refractivity contribution >= 4 is 28.1 Å². The number of thiophene rings is 1. The summed E-state index contributed by atoms with van der Waals surface area (Å²) in [5.41, 5.74) is 1.81. The molecule has 128 valence electrons. The molecule has 0 aliphatic carbocycles. The van der Waals surface area contributed by atoms with Crippen LogP contribution in [0.25, 0.3) is 11.1 Å². The van der Waals surface area contributed by atoms with Gasteiger partial charge in [0.15, 0.2) is 5.78 Å².